The summed E-state index contributed by atoms with van der Waals surface area (Å²) in [6.07, 6.45) is -0.256. The highest BCUT2D eigenvalue weighted by Crippen LogP contribution is 2.26. The van der Waals surface area contributed by atoms with E-state index in [1.165, 1.54) is 0 Å². The van der Waals surface area contributed by atoms with Gasteiger partial charge in [-0.15, -0.1) is 0 Å². The minimum absolute atomic E-state index is 0.256. The Morgan fingerprint density at radius 3 is 2.18 bits per heavy atom. The second kappa shape index (κ2) is 3.30. The summed E-state index contributed by atoms with van der Waals surface area (Å²) in [5.41, 5.74) is 0.634. The molecule has 0 saturated carbocycles. The van der Waals surface area contributed by atoms with Gasteiger partial charge in [0.1, 0.15) is 0 Å². The van der Waals surface area contributed by atoms with Gasteiger partial charge in [0.2, 0.25) is 0 Å². The summed E-state index contributed by atoms with van der Waals surface area (Å²) in [6, 6.07) is 8.64. The molecule has 11 heavy (non-hydrogen) atoms. The molecule has 0 amide bonds. The van der Waals surface area contributed by atoms with E-state index >= 15 is 0 Å². The molecule has 1 aromatic rings. The highest BCUT2D eigenvalue weighted by molar-refractivity contribution is 9.10. The van der Waals surface area contributed by atoms with E-state index in [-0.39, 0.29) is 6.42 Å². The third-order valence-corrected chi connectivity index (χ3v) is 1.53. The highest BCUT2D eigenvalue weighted by atomic mass is 79.9. The van der Waals surface area contributed by atoms with E-state index in [2.05, 4.69) is 15.9 Å². The van der Waals surface area contributed by atoms with Crippen molar-refractivity contribution in [2.24, 2.45) is 0 Å². The zero-order valence-electron chi connectivity index (χ0n) is 5.73. The van der Waals surface area contributed by atoms with Gasteiger partial charge < -0.3 is 0 Å². The summed E-state index contributed by atoms with van der Waals surface area (Å²) in [5, 5.41) is 0. The third kappa shape index (κ3) is 3.46. The molecular formula is C8H7BrF2. The summed E-state index contributed by atoms with van der Waals surface area (Å²) in [6.45, 7) is 0. The zero-order valence-corrected chi connectivity index (χ0v) is 7.31. The van der Waals surface area contributed by atoms with Crippen molar-refractivity contribution in [1.82, 2.24) is 0 Å². The first kappa shape index (κ1) is 8.65. The van der Waals surface area contributed by atoms with Crippen LogP contribution in [-0.4, -0.2) is 4.83 Å². The minimum atomic E-state index is -2.78. The number of rotatable bonds is 2. The lowest BCUT2D eigenvalue weighted by Crippen LogP contribution is -2.08. The number of alkyl halides is 3. The standard InChI is InChI=1S/C8H7BrF2/c9-8(10,11)6-7-4-2-1-3-5-7/h1-5H,6H2. The second-order valence-corrected chi connectivity index (χ2v) is 3.44. The van der Waals surface area contributed by atoms with Crippen molar-refractivity contribution in [2.75, 3.05) is 0 Å². The Morgan fingerprint density at radius 1 is 1.18 bits per heavy atom. The molecule has 0 radical (unpaired) electrons. The molecule has 0 aliphatic carbocycles. The van der Waals surface area contributed by atoms with E-state index in [9.17, 15) is 8.78 Å². The van der Waals surface area contributed by atoms with Crippen molar-refractivity contribution in [3.05, 3.63) is 35.9 Å². The summed E-state index contributed by atoms with van der Waals surface area (Å²) in [5.74, 6) is 0. The fourth-order valence-corrected chi connectivity index (χ4v) is 1.15. The van der Waals surface area contributed by atoms with E-state index in [0.717, 1.165) is 0 Å². The van der Waals surface area contributed by atoms with Crippen LogP contribution in [-0.2, 0) is 6.42 Å². The molecular weight excluding hydrogens is 214 g/mol. The van der Waals surface area contributed by atoms with Crippen LogP contribution in [0.5, 0.6) is 0 Å². The van der Waals surface area contributed by atoms with Gasteiger partial charge in [-0.2, -0.15) is 8.78 Å². The number of hydrogen-bond donors (Lipinski definition) is 0. The fourth-order valence-electron chi connectivity index (χ4n) is 0.827. The van der Waals surface area contributed by atoms with Gasteiger partial charge in [0.25, 0.3) is 0 Å². The van der Waals surface area contributed by atoms with Crippen LogP contribution in [0.15, 0.2) is 30.3 Å². The molecule has 0 heterocycles. The van der Waals surface area contributed by atoms with Crippen LogP contribution in [0.3, 0.4) is 0 Å². The van der Waals surface area contributed by atoms with Crippen molar-refractivity contribution in [2.45, 2.75) is 11.3 Å². The van der Waals surface area contributed by atoms with Gasteiger partial charge in [-0.3, -0.25) is 0 Å². The average Bonchev–Trinajstić information content (AvgIpc) is 1.85. The molecule has 3 heteroatoms. The molecule has 0 nitrogen and oxygen atoms in total. The van der Waals surface area contributed by atoms with E-state index in [4.69, 9.17) is 0 Å². The van der Waals surface area contributed by atoms with E-state index < -0.39 is 4.83 Å². The summed E-state index contributed by atoms with van der Waals surface area (Å²) in [7, 11) is 0. The second-order valence-electron chi connectivity index (χ2n) is 2.28. The molecule has 0 N–H and O–H groups in total. The first-order valence-corrected chi connectivity index (χ1v) is 3.98. The minimum Gasteiger partial charge on any atom is -0.193 e. The Kier molecular flexibility index (Phi) is 2.60. The van der Waals surface area contributed by atoms with Crippen molar-refractivity contribution in [1.29, 1.82) is 0 Å². The Balaban J connectivity index is 2.66. The molecule has 0 fully saturated rings. The van der Waals surface area contributed by atoms with Crippen LogP contribution in [0.25, 0.3) is 0 Å². The maximum absolute atomic E-state index is 12.3. The molecule has 0 spiro atoms. The summed E-state index contributed by atoms with van der Waals surface area (Å²) < 4.78 is 24.6. The SMILES string of the molecule is FC(F)(Br)Cc1ccccc1. The fraction of sp³-hybridized carbons (Fsp3) is 0.250. The zero-order chi connectivity index (χ0) is 8.32. The van der Waals surface area contributed by atoms with E-state index in [0.29, 0.717) is 5.56 Å². The average molecular weight is 221 g/mol. The molecule has 60 valence electrons. The van der Waals surface area contributed by atoms with Gasteiger partial charge in [0.05, 0.1) is 0 Å². The maximum atomic E-state index is 12.3. The molecule has 1 aromatic carbocycles. The summed E-state index contributed by atoms with van der Waals surface area (Å²) >= 11 is 2.28. The normalized spacial score (nSPS) is 11.5. The molecule has 0 aliphatic heterocycles. The first-order valence-electron chi connectivity index (χ1n) is 3.18. The smallest absolute Gasteiger partial charge is 0.193 e. The van der Waals surface area contributed by atoms with Gasteiger partial charge in [-0.25, -0.2) is 0 Å². The topological polar surface area (TPSA) is 0 Å². The van der Waals surface area contributed by atoms with Crippen LogP contribution in [0.2, 0.25) is 0 Å². The Hall–Kier alpha value is -0.440. The van der Waals surface area contributed by atoms with Gasteiger partial charge in [-0.1, -0.05) is 30.3 Å². The highest BCUT2D eigenvalue weighted by Gasteiger charge is 2.23. The molecule has 0 aromatic heterocycles. The van der Waals surface area contributed by atoms with Crippen LogP contribution >= 0.6 is 15.9 Å². The van der Waals surface area contributed by atoms with Gasteiger partial charge in [0, 0.05) is 6.42 Å². The van der Waals surface area contributed by atoms with Crippen molar-refractivity contribution in [3.8, 4) is 0 Å². The van der Waals surface area contributed by atoms with Crippen molar-refractivity contribution < 1.29 is 8.78 Å². The monoisotopic (exact) mass is 220 g/mol. The first-order chi connectivity index (χ1) is 5.08. The summed E-state index contributed by atoms with van der Waals surface area (Å²) in [4.78, 5) is -2.78. The Labute approximate surface area is 72.4 Å². The molecule has 0 aliphatic rings. The number of halogens is 3. The van der Waals surface area contributed by atoms with Gasteiger partial charge in [-0.05, 0) is 21.5 Å². The molecule has 0 bridgehead atoms. The van der Waals surface area contributed by atoms with E-state index in [1.807, 2.05) is 0 Å². The quantitative estimate of drug-likeness (QED) is 0.672. The predicted octanol–water partition coefficient (Wildman–Crippen LogP) is 3.22. The lowest BCUT2D eigenvalue weighted by molar-refractivity contribution is 0.115. The third-order valence-electron chi connectivity index (χ3n) is 1.25. The largest absolute Gasteiger partial charge is 0.305 e. The van der Waals surface area contributed by atoms with E-state index in [1.54, 1.807) is 30.3 Å². The lowest BCUT2D eigenvalue weighted by atomic mass is 10.2. The van der Waals surface area contributed by atoms with Gasteiger partial charge in [0.15, 0.2) is 0 Å². The van der Waals surface area contributed by atoms with Crippen LogP contribution in [0.4, 0.5) is 8.78 Å². The Morgan fingerprint density at radius 2 is 1.73 bits per heavy atom. The maximum Gasteiger partial charge on any atom is 0.305 e. The van der Waals surface area contributed by atoms with Crippen LogP contribution < -0.4 is 0 Å². The van der Waals surface area contributed by atoms with Crippen molar-refractivity contribution in [3.63, 3.8) is 0 Å². The lowest BCUT2D eigenvalue weighted by Gasteiger charge is -2.06. The van der Waals surface area contributed by atoms with Gasteiger partial charge >= 0.3 is 4.83 Å². The predicted molar refractivity (Wildman–Crippen MR) is 44.0 cm³/mol. The Bertz CT molecular complexity index is 215. The molecule has 1 rings (SSSR count). The molecule has 0 unspecified atom stereocenters. The van der Waals surface area contributed by atoms with Crippen LogP contribution in [0.1, 0.15) is 5.56 Å². The van der Waals surface area contributed by atoms with Crippen molar-refractivity contribution >= 4 is 15.9 Å². The molecule has 0 saturated heterocycles. The van der Waals surface area contributed by atoms with Crippen LogP contribution in [0, 0.1) is 0 Å². The number of hydrogen-bond acceptors (Lipinski definition) is 0. The molecule has 0 atom stereocenters. The number of benzene rings is 1.